The van der Waals surface area contributed by atoms with Crippen molar-refractivity contribution in [2.24, 2.45) is 11.1 Å². The van der Waals surface area contributed by atoms with Gasteiger partial charge in [-0.25, -0.2) is 0 Å². The first-order chi connectivity index (χ1) is 6.54. The lowest BCUT2D eigenvalue weighted by molar-refractivity contribution is 0.232. The molecule has 0 radical (unpaired) electrons. The van der Waals surface area contributed by atoms with Gasteiger partial charge in [0.1, 0.15) is 0 Å². The third-order valence-corrected chi connectivity index (χ3v) is 4.08. The molecule has 0 aromatic rings. The fourth-order valence-electron chi connectivity index (χ4n) is 1.82. The maximum atomic E-state index is 10.9. The summed E-state index contributed by atoms with van der Waals surface area (Å²) in [5, 5.41) is 0. The first-order valence-corrected chi connectivity index (χ1v) is 6.88. The van der Waals surface area contributed by atoms with E-state index in [0.717, 1.165) is 6.42 Å². The van der Waals surface area contributed by atoms with Crippen LogP contribution in [0.25, 0.3) is 0 Å². The van der Waals surface area contributed by atoms with E-state index < -0.39 is 15.5 Å². The molecule has 0 rings (SSSR count). The molecule has 4 nitrogen and oxygen atoms in total. The smallest absolute Gasteiger partial charge is 0.265 e. The third-order valence-electron chi connectivity index (χ3n) is 3.02. The molecular weight excluding hydrogens is 214 g/mol. The zero-order valence-electron chi connectivity index (χ0n) is 10.1. The van der Waals surface area contributed by atoms with Gasteiger partial charge in [0.25, 0.3) is 10.1 Å². The van der Waals surface area contributed by atoms with Crippen LogP contribution in [0.4, 0.5) is 0 Å². The molecule has 0 fully saturated rings. The molecule has 2 atom stereocenters. The van der Waals surface area contributed by atoms with Crippen LogP contribution in [0.5, 0.6) is 0 Å². The molecule has 0 aliphatic carbocycles. The van der Waals surface area contributed by atoms with Crippen LogP contribution in [0.3, 0.4) is 0 Å². The second-order valence-corrected chi connectivity index (χ2v) is 6.53. The molecule has 0 bridgehead atoms. The third kappa shape index (κ3) is 6.12. The van der Waals surface area contributed by atoms with E-state index in [4.69, 9.17) is 10.3 Å². The minimum absolute atomic E-state index is 0.219. The van der Waals surface area contributed by atoms with E-state index in [1.807, 2.05) is 27.7 Å². The number of hydrogen-bond donors (Lipinski definition) is 2. The molecule has 0 aliphatic rings. The van der Waals surface area contributed by atoms with E-state index >= 15 is 0 Å². The molecule has 0 spiro atoms. The van der Waals surface area contributed by atoms with Crippen molar-refractivity contribution in [2.45, 2.75) is 52.5 Å². The Bertz CT molecular complexity index is 298. The predicted molar refractivity (Wildman–Crippen MR) is 62.3 cm³/mol. The Balaban J connectivity index is 4.73. The highest BCUT2D eigenvalue weighted by atomic mass is 32.2. The molecule has 2 unspecified atom stereocenters. The fourth-order valence-corrected chi connectivity index (χ4v) is 3.01. The summed E-state index contributed by atoms with van der Waals surface area (Å²) in [4.78, 5) is 0. The highest BCUT2D eigenvalue weighted by Crippen LogP contribution is 2.33. The zero-order chi connectivity index (χ0) is 12.3. The Kier molecular flexibility index (Phi) is 4.76. The van der Waals surface area contributed by atoms with E-state index in [0.29, 0.717) is 12.8 Å². The van der Waals surface area contributed by atoms with Crippen LogP contribution in [0.2, 0.25) is 0 Å². The van der Waals surface area contributed by atoms with Crippen LogP contribution in [0.15, 0.2) is 0 Å². The van der Waals surface area contributed by atoms with E-state index in [1.165, 1.54) is 0 Å². The summed E-state index contributed by atoms with van der Waals surface area (Å²) >= 11 is 0. The summed E-state index contributed by atoms with van der Waals surface area (Å²) in [7, 11) is -3.93. The van der Waals surface area contributed by atoms with Gasteiger partial charge >= 0.3 is 0 Å². The van der Waals surface area contributed by atoms with E-state index in [9.17, 15) is 8.42 Å². The topological polar surface area (TPSA) is 80.4 Å². The molecule has 0 saturated carbocycles. The van der Waals surface area contributed by atoms with E-state index in [1.54, 1.807) is 0 Å². The standard InChI is InChI=1S/C10H23NO3S/c1-5-9(3,8-15(12,13)14)7-10(4,11)6-2/h5-8,11H2,1-4H3,(H,12,13,14). The average molecular weight is 237 g/mol. The Labute approximate surface area is 93.0 Å². The summed E-state index contributed by atoms with van der Waals surface area (Å²) < 4.78 is 30.7. The first kappa shape index (κ1) is 14.9. The molecule has 92 valence electrons. The number of nitrogens with two attached hydrogens (primary N) is 1. The molecule has 15 heavy (non-hydrogen) atoms. The summed E-state index contributed by atoms with van der Waals surface area (Å²) in [5.41, 5.74) is 5.19. The Morgan fingerprint density at radius 3 is 1.93 bits per heavy atom. The highest BCUT2D eigenvalue weighted by Gasteiger charge is 2.34. The van der Waals surface area contributed by atoms with E-state index in [2.05, 4.69) is 0 Å². The predicted octanol–water partition coefficient (Wildman–Crippen LogP) is 1.81. The molecule has 0 aliphatic heterocycles. The summed E-state index contributed by atoms with van der Waals surface area (Å²) in [6.45, 7) is 7.65. The maximum Gasteiger partial charge on any atom is 0.265 e. The van der Waals surface area contributed by atoms with Gasteiger partial charge in [0, 0.05) is 5.54 Å². The molecule has 0 aromatic heterocycles. The second-order valence-electron chi connectivity index (χ2n) is 5.07. The van der Waals surface area contributed by atoms with Crippen LogP contribution >= 0.6 is 0 Å². The average Bonchev–Trinajstić information content (AvgIpc) is 2.00. The van der Waals surface area contributed by atoms with E-state index in [-0.39, 0.29) is 11.3 Å². The SMILES string of the molecule is CCC(C)(N)CC(C)(CC)CS(=O)(=O)O. The molecule has 0 heterocycles. The zero-order valence-corrected chi connectivity index (χ0v) is 10.9. The minimum Gasteiger partial charge on any atom is -0.325 e. The fraction of sp³-hybridized carbons (Fsp3) is 1.00. The van der Waals surface area contributed by atoms with Gasteiger partial charge in [-0.1, -0.05) is 20.8 Å². The first-order valence-electron chi connectivity index (χ1n) is 5.28. The largest absolute Gasteiger partial charge is 0.325 e. The van der Waals surface area contributed by atoms with Gasteiger partial charge < -0.3 is 5.73 Å². The lowest BCUT2D eigenvalue weighted by Gasteiger charge is -2.35. The van der Waals surface area contributed by atoms with Crippen molar-refractivity contribution in [3.05, 3.63) is 0 Å². The minimum atomic E-state index is -3.93. The maximum absolute atomic E-state index is 10.9. The van der Waals surface area contributed by atoms with Crippen molar-refractivity contribution >= 4 is 10.1 Å². The van der Waals surface area contributed by atoms with Crippen molar-refractivity contribution in [3.8, 4) is 0 Å². The quantitative estimate of drug-likeness (QED) is 0.690. The summed E-state index contributed by atoms with van der Waals surface area (Å²) in [5.74, 6) is -0.219. The Morgan fingerprint density at radius 2 is 1.67 bits per heavy atom. The van der Waals surface area contributed by atoms with Crippen LogP contribution < -0.4 is 5.73 Å². The van der Waals surface area contributed by atoms with Gasteiger partial charge in [-0.15, -0.1) is 0 Å². The van der Waals surface area contributed by atoms with Crippen molar-refractivity contribution < 1.29 is 13.0 Å². The Hall–Kier alpha value is -0.130. The van der Waals surface area contributed by atoms with Gasteiger partial charge in [-0.2, -0.15) is 8.42 Å². The molecule has 3 N–H and O–H groups in total. The molecule has 0 amide bonds. The molecule has 5 heteroatoms. The van der Waals surface area contributed by atoms with Crippen LogP contribution in [-0.4, -0.2) is 24.3 Å². The van der Waals surface area contributed by atoms with Gasteiger partial charge in [0.2, 0.25) is 0 Å². The number of rotatable bonds is 6. The lowest BCUT2D eigenvalue weighted by Crippen LogP contribution is -2.43. The lowest BCUT2D eigenvalue weighted by atomic mass is 9.76. The van der Waals surface area contributed by atoms with Crippen molar-refractivity contribution in [1.29, 1.82) is 0 Å². The normalized spacial score (nSPS) is 20.7. The Morgan fingerprint density at radius 1 is 1.20 bits per heavy atom. The molecule has 0 aromatic carbocycles. The highest BCUT2D eigenvalue weighted by molar-refractivity contribution is 7.85. The second kappa shape index (κ2) is 4.80. The monoisotopic (exact) mass is 237 g/mol. The van der Waals surface area contributed by atoms with Gasteiger partial charge in [-0.05, 0) is 31.6 Å². The summed E-state index contributed by atoms with van der Waals surface area (Å²) in [6.07, 6.45) is 2.06. The number of hydrogen-bond acceptors (Lipinski definition) is 3. The molecule has 0 saturated heterocycles. The van der Waals surface area contributed by atoms with Crippen molar-refractivity contribution in [2.75, 3.05) is 5.75 Å². The van der Waals surface area contributed by atoms with Crippen molar-refractivity contribution in [1.82, 2.24) is 0 Å². The van der Waals surface area contributed by atoms with Crippen LogP contribution in [0.1, 0.15) is 47.0 Å². The summed E-state index contributed by atoms with van der Waals surface area (Å²) in [6, 6.07) is 0. The van der Waals surface area contributed by atoms with Gasteiger partial charge in [0.05, 0.1) is 5.75 Å². The molecular formula is C10H23NO3S. The van der Waals surface area contributed by atoms with Crippen LogP contribution in [0, 0.1) is 5.41 Å². The van der Waals surface area contributed by atoms with Crippen molar-refractivity contribution in [3.63, 3.8) is 0 Å². The van der Waals surface area contributed by atoms with Crippen LogP contribution in [-0.2, 0) is 10.1 Å². The van der Waals surface area contributed by atoms with Gasteiger partial charge in [0.15, 0.2) is 0 Å². The van der Waals surface area contributed by atoms with Gasteiger partial charge in [-0.3, -0.25) is 4.55 Å².